The smallest absolute Gasteiger partial charge is 0.249 e. The average molecular weight is 213 g/mol. The number of hydrogen-bond donors (Lipinski definition) is 2. The number of hydrogen-bond acceptors (Lipinski definition) is 2. The first-order valence-corrected chi connectivity index (χ1v) is 5.19. The molecule has 0 radical (unpaired) electrons. The van der Waals surface area contributed by atoms with Crippen LogP contribution in [0.15, 0.2) is 16.9 Å². The van der Waals surface area contributed by atoms with E-state index in [2.05, 4.69) is 4.98 Å². The normalized spacial score (nSPS) is 18.1. The summed E-state index contributed by atoms with van der Waals surface area (Å²) >= 11 is 5.89. The Bertz CT molecular complexity index is 384. The predicted octanol–water partition coefficient (Wildman–Crippen LogP) is 1.83. The lowest BCUT2D eigenvalue weighted by Gasteiger charge is -2.12. The van der Waals surface area contributed by atoms with Gasteiger partial charge in [0.15, 0.2) is 0 Å². The van der Waals surface area contributed by atoms with Crippen molar-refractivity contribution in [2.75, 3.05) is 0 Å². The van der Waals surface area contributed by atoms with Crippen LogP contribution >= 0.6 is 11.6 Å². The third-order valence-corrected chi connectivity index (χ3v) is 2.90. The van der Waals surface area contributed by atoms with Gasteiger partial charge >= 0.3 is 0 Å². The van der Waals surface area contributed by atoms with Crippen molar-refractivity contribution in [2.45, 2.75) is 25.3 Å². The molecular formula is C10H13ClN2O. The third kappa shape index (κ3) is 2.16. The summed E-state index contributed by atoms with van der Waals surface area (Å²) in [7, 11) is 0. The van der Waals surface area contributed by atoms with E-state index in [0.29, 0.717) is 5.15 Å². The van der Waals surface area contributed by atoms with Gasteiger partial charge in [0.05, 0.1) is 0 Å². The second-order valence-corrected chi connectivity index (χ2v) is 4.26. The van der Waals surface area contributed by atoms with E-state index in [1.165, 1.54) is 18.9 Å². The summed E-state index contributed by atoms with van der Waals surface area (Å²) in [6.07, 6.45) is 3.51. The molecule has 0 aromatic carbocycles. The Morgan fingerprint density at radius 2 is 2.29 bits per heavy atom. The van der Waals surface area contributed by atoms with Gasteiger partial charge in [-0.3, -0.25) is 4.79 Å². The molecule has 1 aromatic heterocycles. The summed E-state index contributed by atoms with van der Waals surface area (Å²) in [5.74, 6) is 0.757. The largest absolute Gasteiger partial charge is 0.324 e. The van der Waals surface area contributed by atoms with E-state index in [4.69, 9.17) is 17.3 Å². The first kappa shape index (κ1) is 9.74. The van der Waals surface area contributed by atoms with E-state index in [1.807, 2.05) is 0 Å². The Balaban J connectivity index is 2.17. The molecule has 0 amide bonds. The monoisotopic (exact) mass is 212 g/mol. The highest BCUT2D eigenvalue weighted by Gasteiger charge is 2.25. The number of aromatic amines is 1. The molecule has 1 aromatic rings. The molecule has 0 spiro atoms. The van der Waals surface area contributed by atoms with Gasteiger partial charge in [0.1, 0.15) is 5.15 Å². The van der Waals surface area contributed by atoms with Gasteiger partial charge in [-0.1, -0.05) is 24.4 Å². The lowest BCUT2D eigenvalue weighted by atomic mass is 10.0. The van der Waals surface area contributed by atoms with Gasteiger partial charge in [0, 0.05) is 17.7 Å². The lowest BCUT2D eigenvalue weighted by Crippen LogP contribution is -2.15. The minimum atomic E-state index is -0.183. The van der Waals surface area contributed by atoms with Crippen molar-refractivity contribution in [1.29, 1.82) is 0 Å². The summed E-state index contributed by atoms with van der Waals surface area (Å²) < 4.78 is 0. The van der Waals surface area contributed by atoms with Gasteiger partial charge in [-0.05, 0) is 18.4 Å². The summed E-state index contributed by atoms with van der Waals surface area (Å²) in [6.45, 7) is 0. The maximum Gasteiger partial charge on any atom is 0.249 e. The number of rotatable bonds is 3. The van der Waals surface area contributed by atoms with Crippen LogP contribution in [-0.2, 0) is 0 Å². The molecular weight excluding hydrogens is 200 g/mol. The molecule has 76 valence electrons. The quantitative estimate of drug-likeness (QED) is 0.751. The zero-order valence-corrected chi connectivity index (χ0v) is 8.55. The lowest BCUT2D eigenvalue weighted by molar-refractivity contribution is 0.595. The fraction of sp³-hybridized carbons (Fsp3) is 0.500. The molecule has 0 saturated heterocycles. The average Bonchev–Trinajstić information content (AvgIpc) is 2.87. The minimum absolute atomic E-state index is 0.0492. The fourth-order valence-corrected chi connectivity index (χ4v) is 1.88. The van der Waals surface area contributed by atoms with Crippen LogP contribution in [0.1, 0.15) is 30.9 Å². The second-order valence-electron chi connectivity index (χ2n) is 3.88. The van der Waals surface area contributed by atoms with Crippen LogP contribution < -0.4 is 11.3 Å². The Morgan fingerprint density at radius 1 is 1.57 bits per heavy atom. The maximum atomic E-state index is 10.9. The molecule has 3 N–H and O–H groups in total. The van der Waals surface area contributed by atoms with Gasteiger partial charge < -0.3 is 10.7 Å². The van der Waals surface area contributed by atoms with Gasteiger partial charge in [-0.25, -0.2) is 0 Å². The van der Waals surface area contributed by atoms with E-state index < -0.39 is 0 Å². The van der Waals surface area contributed by atoms with Crippen molar-refractivity contribution < 1.29 is 0 Å². The van der Waals surface area contributed by atoms with Gasteiger partial charge in [-0.2, -0.15) is 0 Å². The maximum absolute atomic E-state index is 10.9. The standard InChI is InChI=1S/C10H13ClN2O/c11-10-7(3-4-9(14)13-10)8(12)5-6-1-2-6/h3-4,6,8H,1-2,5,12H2,(H,13,14). The molecule has 1 saturated carbocycles. The molecule has 0 aliphatic heterocycles. The molecule has 4 heteroatoms. The minimum Gasteiger partial charge on any atom is -0.324 e. The number of pyridine rings is 1. The first-order valence-electron chi connectivity index (χ1n) is 4.81. The van der Waals surface area contributed by atoms with E-state index in [9.17, 15) is 4.79 Å². The fourth-order valence-electron chi connectivity index (χ4n) is 1.59. The van der Waals surface area contributed by atoms with Crippen LogP contribution in [0.4, 0.5) is 0 Å². The van der Waals surface area contributed by atoms with Crippen LogP contribution in [0.3, 0.4) is 0 Å². The van der Waals surface area contributed by atoms with Crippen LogP contribution in [0, 0.1) is 5.92 Å². The first-order chi connectivity index (χ1) is 6.66. The van der Waals surface area contributed by atoms with E-state index in [0.717, 1.165) is 17.9 Å². The zero-order chi connectivity index (χ0) is 10.1. The van der Waals surface area contributed by atoms with E-state index >= 15 is 0 Å². The van der Waals surface area contributed by atoms with E-state index in [-0.39, 0.29) is 11.6 Å². The Hall–Kier alpha value is -0.800. The molecule has 1 aliphatic rings. The molecule has 1 heterocycles. The van der Waals surface area contributed by atoms with Crippen molar-refractivity contribution in [3.05, 3.63) is 33.2 Å². The summed E-state index contributed by atoms with van der Waals surface area (Å²) in [6, 6.07) is 3.13. The Morgan fingerprint density at radius 3 is 2.86 bits per heavy atom. The molecule has 1 aliphatic carbocycles. The van der Waals surface area contributed by atoms with Crippen molar-refractivity contribution in [3.63, 3.8) is 0 Å². The number of nitrogens with one attached hydrogen (secondary N) is 1. The highest BCUT2D eigenvalue weighted by atomic mass is 35.5. The second kappa shape index (κ2) is 3.75. The third-order valence-electron chi connectivity index (χ3n) is 2.58. The topological polar surface area (TPSA) is 58.9 Å². The predicted molar refractivity (Wildman–Crippen MR) is 56.3 cm³/mol. The number of nitrogens with two attached hydrogens (primary N) is 1. The molecule has 1 fully saturated rings. The number of H-pyrrole nitrogens is 1. The van der Waals surface area contributed by atoms with Gasteiger partial charge in [0.2, 0.25) is 5.56 Å². The van der Waals surface area contributed by atoms with Crippen LogP contribution in [0.25, 0.3) is 0 Å². The molecule has 2 rings (SSSR count). The molecule has 1 unspecified atom stereocenters. The molecule has 1 atom stereocenters. The van der Waals surface area contributed by atoms with Crippen molar-refractivity contribution in [1.82, 2.24) is 4.98 Å². The number of halogens is 1. The summed E-state index contributed by atoms with van der Waals surface area (Å²) in [5, 5.41) is 0.380. The van der Waals surface area contributed by atoms with Crippen LogP contribution in [-0.4, -0.2) is 4.98 Å². The van der Waals surface area contributed by atoms with Gasteiger partial charge in [0.25, 0.3) is 0 Å². The Kier molecular flexibility index (Phi) is 2.61. The van der Waals surface area contributed by atoms with Crippen molar-refractivity contribution in [2.24, 2.45) is 11.7 Å². The molecule has 3 nitrogen and oxygen atoms in total. The van der Waals surface area contributed by atoms with Crippen molar-refractivity contribution in [3.8, 4) is 0 Å². The number of aromatic nitrogens is 1. The van der Waals surface area contributed by atoms with Crippen LogP contribution in [0.2, 0.25) is 5.15 Å². The van der Waals surface area contributed by atoms with Gasteiger partial charge in [-0.15, -0.1) is 0 Å². The Labute approximate surface area is 87.3 Å². The van der Waals surface area contributed by atoms with E-state index in [1.54, 1.807) is 6.07 Å². The zero-order valence-electron chi connectivity index (χ0n) is 7.79. The molecule has 0 bridgehead atoms. The summed E-state index contributed by atoms with van der Waals surface area (Å²) in [4.78, 5) is 13.5. The van der Waals surface area contributed by atoms with Crippen LogP contribution in [0.5, 0.6) is 0 Å². The summed E-state index contributed by atoms with van der Waals surface area (Å²) in [5.41, 5.74) is 6.64. The highest BCUT2D eigenvalue weighted by Crippen LogP contribution is 2.37. The molecule has 14 heavy (non-hydrogen) atoms. The van der Waals surface area contributed by atoms with Crippen molar-refractivity contribution >= 4 is 11.6 Å². The SMILES string of the molecule is NC(CC1CC1)c1ccc(=O)[nH]c1Cl. The highest BCUT2D eigenvalue weighted by molar-refractivity contribution is 6.30.